The molecule has 0 heterocycles. The fourth-order valence-electron chi connectivity index (χ4n) is 1.53. The van der Waals surface area contributed by atoms with Gasteiger partial charge in [0, 0.05) is 17.6 Å². The third kappa shape index (κ3) is 4.23. The van der Waals surface area contributed by atoms with E-state index >= 15 is 0 Å². The van der Waals surface area contributed by atoms with Crippen molar-refractivity contribution >= 4 is 23.7 Å². The number of primary amides is 1. The zero-order chi connectivity index (χ0) is 13.7. The highest BCUT2D eigenvalue weighted by Crippen LogP contribution is 2.12. The fraction of sp³-hybridized carbons (Fsp3) is 0.273. The zero-order valence-corrected chi connectivity index (χ0v) is 10.3. The van der Waals surface area contributed by atoms with E-state index in [2.05, 4.69) is 0 Å². The van der Waals surface area contributed by atoms with Crippen LogP contribution in [0, 0.1) is 0 Å². The van der Waals surface area contributed by atoms with Gasteiger partial charge in [-0.1, -0.05) is 23.7 Å². The molecule has 1 atom stereocenters. The van der Waals surface area contributed by atoms with Crippen LogP contribution in [0.2, 0.25) is 5.02 Å². The van der Waals surface area contributed by atoms with E-state index in [0.717, 1.165) is 5.56 Å². The average molecular weight is 272 g/mol. The van der Waals surface area contributed by atoms with Gasteiger partial charge in [0.25, 0.3) is 0 Å². The number of hydrogen-bond acceptors (Lipinski definition) is 3. The highest BCUT2D eigenvalue weighted by atomic mass is 35.5. The molecule has 0 saturated carbocycles. The van der Waals surface area contributed by atoms with Gasteiger partial charge >= 0.3 is 12.1 Å². The Hall–Kier alpha value is -1.79. The van der Waals surface area contributed by atoms with E-state index in [4.69, 9.17) is 28.2 Å². The van der Waals surface area contributed by atoms with Crippen molar-refractivity contribution in [2.45, 2.75) is 12.5 Å². The van der Waals surface area contributed by atoms with E-state index in [-0.39, 0.29) is 6.54 Å². The highest BCUT2D eigenvalue weighted by molar-refractivity contribution is 6.30. The molecule has 0 spiro atoms. The molecule has 0 aromatic heterocycles. The van der Waals surface area contributed by atoms with Gasteiger partial charge in [-0.25, -0.2) is 14.5 Å². The maximum atomic E-state index is 10.9. The zero-order valence-electron chi connectivity index (χ0n) is 9.54. The van der Waals surface area contributed by atoms with Crippen molar-refractivity contribution < 1.29 is 14.7 Å². The second kappa shape index (κ2) is 6.23. The van der Waals surface area contributed by atoms with Crippen LogP contribution < -0.4 is 11.5 Å². The Kier molecular flexibility index (Phi) is 4.94. The first-order chi connectivity index (χ1) is 8.40. The van der Waals surface area contributed by atoms with E-state index in [1.165, 1.54) is 0 Å². The molecule has 98 valence electrons. The Bertz CT molecular complexity index is 439. The third-order valence-corrected chi connectivity index (χ3v) is 2.54. The van der Waals surface area contributed by atoms with E-state index in [9.17, 15) is 9.59 Å². The summed E-state index contributed by atoms with van der Waals surface area (Å²) >= 11 is 5.82. The van der Waals surface area contributed by atoms with Gasteiger partial charge < -0.3 is 16.6 Å². The average Bonchev–Trinajstić information content (AvgIpc) is 2.25. The molecule has 0 radical (unpaired) electrons. The number of nitrogens with two attached hydrogens (primary N) is 2. The number of amides is 3. The number of nitrogens with zero attached hydrogens (tertiary/aromatic N) is 1. The van der Waals surface area contributed by atoms with Crippen LogP contribution in [-0.4, -0.2) is 34.7 Å². The van der Waals surface area contributed by atoms with Gasteiger partial charge in [0.15, 0.2) is 0 Å². The van der Waals surface area contributed by atoms with Crippen molar-refractivity contribution in [3.63, 3.8) is 0 Å². The van der Waals surface area contributed by atoms with E-state index in [1.54, 1.807) is 18.2 Å². The molecule has 1 unspecified atom stereocenters. The Labute approximate surface area is 109 Å². The molecule has 0 aliphatic rings. The first-order valence-corrected chi connectivity index (χ1v) is 5.58. The molecule has 1 aromatic rings. The fourth-order valence-corrected chi connectivity index (χ4v) is 1.74. The molecular weight excluding hydrogens is 258 g/mol. The molecule has 0 saturated heterocycles. The molecule has 5 N–H and O–H groups in total. The monoisotopic (exact) mass is 271 g/mol. The van der Waals surface area contributed by atoms with Crippen LogP contribution in [0.5, 0.6) is 0 Å². The largest absolute Gasteiger partial charge is 0.465 e. The summed E-state index contributed by atoms with van der Waals surface area (Å²) in [7, 11) is 0. The van der Waals surface area contributed by atoms with Crippen molar-refractivity contribution in [2.24, 2.45) is 11.5 Å². The molecular formula is C11H14ClN3O3. The first-order valence-electron chi connectivity index (χ1n) is 5.20. The number of urea groups is 1. The number of carboxylic acid groups (broad SMARTS) is 1. The third-order valence-electron chi connectivity index (χ3n) is 2.30. The molecule has 1 aromatic carbocycles. The molecule has 6 nitrogen and oxygen atoms in total. The van der Waals surface area contributed by atoms with Crippen molar-refractivity contribution in [3.8, 4) is 0 Å². The van der Waals surface area contributed by atoms with Gasteiger partial charge in [0.1, 0.15) is 0 Å². The summed E-state index contributed by atoms with van der Waals surface area (Å²) in [4.78, 5) is 22.1. The van der Waals surface area contributed by atoms with Crippen molar-refractivity contribution in [1.29, 1.82) is 0 Å². The van der Waals surface area contributed by atoms with Crippen LogP contribution in [0.15, 0.2) is 24.3 Å². The van der Waals surface area contributed by atoms with Gasteiger partial charge in [-0.05, 0) is 24.1 Å². The quantitative estimate of drug-likeness (QED) is 0.766. The predicted octanol–water partition coefficient (Wildman–Crippen LogP) is 1.27. The number of rotatable bonds is 4. The normalized spacial score (nSPS) is 11.9. The summed E-state index contributed by atoms with van der Waals surface area (Å²) in [5.41, 5.74) is 11.6. The van der Waals surface area contributed by atoms with E-state index < -0.39 is 18.2 Å². The minimum absolute atomic E-state index is 0.156. The van der Waals surface area contributed by atoms with Crippen LogP contribution in [0.1, 0.15) is 5.56 Å². The van der Waals surface area contributed by atoms with Crippen LogP contribution in [0.3, 0.4) is 0 Å². The summed E-state index contributed by atoms with van der Waals surface area (Å²) in [6, 6.07) is 5.48. The molecule has 1 rings (SSSR count). The smallest absolute Gasteiger partial charge is 0.415 e. The highest BCUT2D eigenvalue weighted by Gasteiger charge is 2.20. The summed E-state index contributed by atoms with van der Waals surface area (Å²) in [6.45, 7) is -0.156. The van der Waals surface area contributed by atoms with Crippen LogP contribution in [0.25, 0.3) is 0 Å². The maximum absolute atomic E-state index is 10.9. The minimum Gasteiger partial charge on any atom is -0.465 e. The summed E-state index contributed by atoms with van der Waals surface area (Å²) in [6.07, 6.45) is -1.01. The summed E-state index contributed by atoms with van der Waals surface area (Å²) in [5.74, 6) is 0. The lowest BCUT2D eigenvalue weighted by molar-refractivity contribution is 0.149. The lowest BCUT2D eigenvalue weighted by Crippen LogP contribution is -2.47. The molecule has 0 fully saturated rings. The first kappa shape index (κ1) is 14.3. The number of halogens is 1. The Morgan fingerprint density at radius 2 is 2.11 bits per heavy atom. The van der Waals surface area contributed by atoms with Gasteiger partial charge in [-0.15, -0.1) is 0 Å². The van der Waals surface area contributed by atoms with Crippen LogP contribution in [-0.2, 0) is 6.42 Å². The second-order valence-electron chi connectivity index (χ2n) is 3.83. The van der Waals surface area contributed by atoms with Gasteiger partial charge in [-0.3, -0.25) is 0 Å². The van der Waals surface area contributed by atoms with Crippen LogP contribution >= 0.6 is 11.6 Å². The lowest BCUT2D eigenvalue weighted by atomic mass is 10.1. The molecule has 0 aliphatic heterocycles. The standard InChI is InChI=1S/C11H14ClN3O3/c12-8-3-1-2-7(4-8)5-9(13)6-15(10(14)16)11(17)18/h1-4,9H,5-6,13H2,(H2,14,16)(H,17,18). The minimum atomic E-state index is -1.41. The number of imide groups is 1. The van der Waals surface area contributed by atoms with Crippen molar-refractivity contribution in [3.05, 3.63) is 34.9 Å². The predicted molar refractivity (Wildman–Crippen MR) is 67.4 cm³/mol. The molecule has 0 bridgehead atoms. The Morgan fingerprint density at radius 3 is 2.61 bits per heavy atom. The van der Waals surface area contributed by atoms with Gasteiger partial charge in [0.2, 0.25) is 0 Å². The molecule has 3 amide bonds. The van der Waals surface area contributed by atoms with Gasteiger partial charge in [0.05, 0.1) is 0 Å². The second-order valence-corrected chi connectivity index (χ2v) is 4.26. The maximum Gasteiger partial charge on any atom is 0.415 e. The Morgan fingerprint density at radius 1 is 1.44 bits per heavy atom. The van der Waals surface area contributed by atoms with Gasteiger partial charge in [-0.2, -0.15) is 0 Å². The number of carbonyl (C=O) groups is 2. The van der Waals surface area contributed by atoms with E-state index in [0.29, 0.717) is 16.3 Å². The van der Waals surface area contributed by atoms with Crippen LogP contribution in [0.4, 0.5) is 9.59 Å². The Balaban J connectivity index is 2.63. The lowest BCUT2D eigenvalue weighted by Gasteiger charge is -2.19. The van der Waals surface area contributed by atoms with E-state index in [1.807, 2.05) is 6.07 Å². The molecule has 18 heavy (non-hydrogen) atoms. The molecule has 0 aliphatic carbocycles. The summed E-state index contributed by atoms with van der Waals surface area (Å²) < 4.78 is 0. The topological polar surface area (TPSA) is 110 Å². The SMILES string of the molecule is NC(=O)N(CC(N)Cc1cccc(Cl)c1)C(=O)O. The number of carbonyl (C=O) groups excluding carboxylic acids is 1. The van der Waals surface area contributed by atoms with Crippen molar-refractivity contribution in [1.82, 2.24) is 4.90 Å². The van der Waals surface area contributed by atoms with Crippen molar-refractivity contribution in [2.75, 3.05) is 6.54 Å². The number of benzene rings is 1. The number of hydrogen-bond donors (Lipinski definition) is 3. The molecule has 7 heteroatoms. The summed E-state index contributed by atoms with van der Waals surface area (Å²) in [5, 5.41) is 9.32.